The van der Waals surface area contributed by atoms with Gasteiger partial charge in [0.05, 0.1) is 0 Å². The number of hydrogen-bond acceptors (Lipinski definition) is 1. The molecule has 1 heteroatoms. The van der Waals surface area contributed by atoms with E-state index in [9.17, 15) is 4.79 Å². The molecule has 0 saturated carbocycles. The standard InChI is InChI=1S/C21H20O/c1-2-16(15-21(22)18-10-4-3-5-11-18)19-14-8-12-17-9-6-7-13-20(17)19/h3-14,16H,2,15H2,1H3/t16-/m0/s1. The molecule has 0 aliphatic heterocycles. The van der Waals surface area contributed by atoms with E-state index in [1.807, 2.05) is 30.3 Å². The molecule has 0 N–H and O–H groups in total. The number of benzene rings is 3. The van der Waals surface area contributed by atoms with E-state index in [1.165, 1.54) is 16.3 Å². The molecular formula is C21H20O. The van der Waals surface area contributed by atoms with Gasteiger partial charge in [0.25, 0.3) is 0 Å². The van der Waals surface area contributed by atoms with Gasteiger partial charge in [0.1, 0.15) is 0 Å². The summed E-state index contributed by atoms with van der Waals surface area (Å²) in [4.78, 5) is 12.5. The first-order valence-corrected chi connectivity index (χ1v) is 7.85. The Labute approximate surface area is 131 Å². The van der Waals surface area contributed by atoms with Crippen LogP contribution in [0, 0.1) is 0 Å². The van der Waals surface area contributed by atoms with Crippen molar-refractivity contribution in [2.24, 2.45) is 0 Å². The van der Waals surface area contributed by atoms with Gasteiger partial charge in [-0.25, -0.2) is 0 Å². The maximum absolute atomic E-state index is 12.5. The van der Waals surface area contributed by atoms with Crippen LogP contribution in [-0.2, 0) is 0 Å². The predicted molar refractivity (Wildman–Crippen MR) is 92.4 cm³/mol. The molecule has 0 unspecified atom stereocenters. The monoisotopic (exact) mass is 288 g/mol. The SMILES string of the molecule is CC[C@@H](CC(=O)c1ccccc1)c1cccc2ccccc12. The Bertz CT molecular complexity index is 769. The highest BCUT2D eigenvalue weighted by Gasteiger charge is 2.17. The van der Waals surface area contributed by atoms with Gasteiger partial charge in [-0.15, -0.1) is 0 Å². The highest BCUT2D eigenvalue weighted by atomic mass is 16.1. The number of ketones is 1. The summed E-state index contributed by atoms with van der Waals surface area (Å²) in [6, 6.07) is 24.4. The first kappa shape index (κ1) is 14.5. The number of carbonyl (C=O) groups excluding carboxylic acids is 1. The van der Waals surface area contributed by atoms with Gasteiger partial charge in [-0.3, -0.25) is 4.79 Å². The highest BCUT2D eigenvalue weighted by molar-refractivity contribution is 5.97. The molecule has 3 rings (SSSR count). The van der Waals surface area contributed by atoms with Crippen molar-refractivity contribution in [3.63, 3.8) is 0 Å². The summed E-state index contributed by atoms with van der Waals surface area (Å²) in [7, 11) is 0. The van der Waals surface area contributed by atoms with Crippen LogP contribution in [0.25, 0.3) is 10.8 Å². The predicted octanol–water partition coefficient (Wildman–Crippen LogP) is 5.61. The number of carbonyl (C=O) groups is 1. The quantitative estimate of drug-likeness (QED) is 0.558. The topological polar surface area (TPSA) is 17.1 Å². The summed E-state index contributed by atoms with van der Waals surface area (Å²) >= 11 is 0. The van der Waals surface area contributed by atoms with Crippen LogP contribution < -0.4 is 0 Å². The first-order chi connectivity index (χ1) is 10.8. The minimum Gasteiger partial charge on any atom is -0.294 e. The fourth-order valence-corrected chi connectivity index (χ4v) is 3.05. The lowest BCUT2D eigenvalue weighted by molar-refractivity contribution is 0.0973. The van der Waals surface area contributed by atoms with Crippen molar-refractivity contribution in [2.75, 3.05) is 0 Å². The van der Waals surface area contributed by atoms with Crippen LogP contribution in [-0.4, -0.2) is 5.78 Å². The van der Waals surface area contributed by atoms with E-state index in [2.05, 4.69) is 49.4 Å². The fraction of sp³-hybridized carbons (Fsp3) is 0.190. The minimum absolute atomic E-state index is 0.223. The number of hydrogen-bond donors (Lipinski definition) is 0. The Morgan fingerprint density at radius 2 is 1.55 bits per heavy atom. The average Bonchev–Trinajstić information content (AvgIpc) is 2.60. The molecule has 22 heavy (non-hydrogen) atoms. The normalized spacial score (nSPS) is 12.2. The second-order valence-corrected chi connectivity index (χ2v) is 5.67. The van der Waals surface area contributed by atoms with Gasteiger partial charge >= 0.3 is 0 Å². The zero-order valence-electron chi connectivity index (χ0n) is 12.8. The molecule has 3 aromatic rings. The summed E-state index contributed by atoms with van der Waals surface area (Å²) in [6.45, 7) is 2.16. The van der Waals surface area contributed by atoms with Crippen LogP contribution in [0.1, 0.15) is 41.6 Å². The van der Waals surface area contributed by atoms with Crippen molar-refractivity contribution in [1.82, 2.24) is 0 Å². The number of rotatable bonds is 5. The van der Waals surface area contributed by atoms with Gasteiger partial charge < -0.3 is 0 Å². The Hall–Kier alpha value is -2.41. The molecule has 0 saturated heterocycles. The third-order valence-corrected chi connectivity index (χ3v) is 4.28. The van der Waals surface area contributed by atoms with E-state index in [4.69, 9.17) is 0 Å². The van der Waals surface area contributed by atoms with Crippen LogP contribution >= 0.6 is 0 Å². The molecule has 0 aliphatic rings. The third-order valence-electron chi connectivity index (χ3n) is 4.28. The largest absolute Gasteiger partial charge is 0.294 e. The molecule has 0 radical (unpaired) electrons. The van der Waals surface area contributed by atoms with Crippen molar-refractivity contribution in [3.05, 3.63) is 83.9 Å². The van der Waals surface area contributed by atoms with Crippen molar-refractivity contribution in [3.8, 4) is 0 Å². The van der Waals surface area contributed by atoms with E-state index >= 15 is 0 Å². The maximum Gasteiger partial charge on any atom is 0.163 e. The van der Waals surface area contributed by atoms with E-state index in [0.717, 1.165) is 12.0 Å². The lowest BCUT2D eigenvalue weighted by Crippen LogP contribution is -2.07. The molecule has 0 spiro atoms. The fourth-order valence-electron chi connectivity index (χ4n) is 3.05. The van der Waals surface area contributed by atoms with Crippen molar-refractivity contribution < 1.29 is 4.79 Å². The van der Waals surface area contributed by atoms with Crippen molar-refractivity contribution in [2.45, 2.75) is 25.7 Å². The van der Waals surface area contributed by atoms with Crippen LogP contribution in [0.15, 0.2) is 72.8 Å². The summed E-state index contributed by atoms with van der Waals surface area (Å²) in [5.41, 5.74) is 2.09. The summed E-state index contributed by atoms with van der Waals surface area (Å²) in [5.74, 6) is 0.485. The van der Waals surface area contributed by atoms with Gasteiger partial charge in [-0.2, -0.15) is 0 Å². The lowest BCUT2D eigenvalue weighted by atomic mass is 9.86. The molecule has 110 valence electrons. The molecule has 0 fully saturated rings. The highest BCUT2D eigenvalue weighted by Crippen LogP contribution is 2.31. The molecular weight excluding hydrogens is 268 g/mol. The Morgan fingerprint density at radius 1 is 0.864 bits per heavy atom. The van der Waals surface area contributed by atoms with Gasteiger partial charge in [0.15, 0.2) is 5.78 Å². The van der Waals surface area contributed by atoms with Crippen molar-refractivity contribution in [1.29, 1.82) is 0 Å². The zero-order valence-corrected chi connectivity index (χ0v) is 12.8. The third kappa shape index (κ3) is 2.94. The molecule has 0 amide bonds. The first-order valence-electron chi connectivity index (χ1n) is 7.85. The molecule has 1 nitrogen and oxygen atoms in total. The molecule has 1 atom stereocenters. The van der Waals surface area contributed by atoms with Gasteiger partial charge in [-0.1, -0.05) is 79.7 Å². The van der Waals surface area contributed by atoms with Gasteiger partial charge in [-0.05, 0) is 28.7 Å². The molecule has 0 bridgehead atoms. The van der Waals surface area contributed by atoms with Crippen LogP contribution in [0.4, 0.5) is 0 Å². The molecule has 0 aliphatic carbocycles. The van der Waals surface area contributed by atoms with Gasteiger partial charge in [0, 0.05) is 12.0 Å². The Balaban J connectivity index is 1.92. The van der Waals surface area contributed by atoms with Crippen molar-refractivity contribution >= 4 is 16.6 Å². The van der Waals surface area contributed by atoms with E-state index in [1.54, 1.807) is 0 Å². The number of fused-ring (bicyclic) bond motifs is 1. The molecule has 0 heterocycles. The second-order valence-electron chi connectivity index (χ2n) is 5.67. The number of Topliss-reactive ketones (excluding diaryl/α,β-unsaturated/α-hetero) is 1. The van der Waals surface area contributed by atoms with Crippen LogP contribution in [0.3, 0.4) is 0 Å². The van der Waals surface area contributed by atoms with E-state index < -0.39 is 0 Å². The van der Waals surface area contributed by atoms with Gasteiger partial charge in [0.2, 0.25) is 0 Å². The van der Waals surface area contributed by atoms with Crippen LogP contribution in [0.5, 0.6) is 0 Å². The molecule has 0 aromatic heterocycles. The summed E-state index contributed by atoms with van der Waals surface area (Å²) in [6.07, 6.45) is 1.53. The lowest BCUT2D eigenvalue weighted by Gasteiger charge is -2.17. The van der Waals surface area contributed by atoms with E-state index in [-0.39, 0.29) is 11.7 Å². The second kappa shape index (κ2) is 6.57. The van der Waals surface area contributed by atoms with Crippen LogP contribution in [0.2, 0.25) is 0 Å². The zero-order chi connectivity index (χ0) is 15.4. The Kier molecular flexibility index (Phi) is 4.34. The summed E-state index contributed by atoms with van der Waals surface area (Å²) in [5, 5.41) is 2.50. The summed E-state index contributed by atoms with van der Waals surface area (Å²) < 4.78 is 0. The smallest absolute Gasteiger partial charge is 0.163 e. The average molecular weight is 288 g/mol. The maximum atomic E-state index is 12.5. The van der Waals surface area contributed by atoms with E-state index in [0.29, 0.717) is 6.42 Å². The minimum atomic E-state index is 0.223. The Morgan fingerprint density at radius 3 is 2.32 bits per heavy atom. The molecule has 3 aromatic carbocycles.